The molecule has 3 heterocycles. The highest BCUT2D eigenvalue weighted by Gasteiger charge is 2.25. The van der Waals surface area contributed by atoms with Gasteiger partial charge in [0.25, 0.3) is 0 Å². The molecule has 1 saturated carbocycles. The minimum Gasteiger partial charge on any atom is -0.354 e. The van der Waals surface area contributed by atoms with E-state index in [0.29, 0.717) is 0 Å². The van der Waals surface area contributed by atoms with E-state index in [-0.39, 0.29) is 0 Å². The van der Waals surface area contributed by atoms with Crippen molar-refractivity contribution in [2.45, 2.75) is 38.0 Å². The molecular formula is C26H34N4. The lowest BCUT2D eigenvalue weighted by molar-refractivity contribution is 0.216. The van der Waals surface area contributed by atoms with Gasteiger partial charge < -0.3 is 9.47 Å². The van der Waals surface area contributed by atoms with Gasteiger partial charge in [0.05, 0.1) is 0 Å². The molecule has 1 aliphatic heterocycles. The smallest absolute Gasteiger partial charge is 0.128 e. The number of nitrogens with zero attached hydrogens (tertiary/aromatic N) is 4. The summed E-state index contributed by atoms with van der Waals surface area (Å²) in [5, 5.41) is 1.47. The van der Waals surface area contributed by atoms with Crippen molar-refractivity contribution in [2.24, 2.45) is 13.0 Å². The fraction of sp³-hybridized carbons (Fsp3) is 0.500. The standard InChI is InChI=1S/C26H34N4/c1-28-20-24(23-6-2-3-7-25(23)28)22-11-9-21(10-12-22)13-15-29-16-18-30(19-17-29)26-8-4-5-14-27-26/h2-8,14,20-22H,9-13,15-19H2,1H3. The summed E-state index contributed by atoms with van der Waals surface area (Å²) in [5.41, 5.74) is 2.96. The lowest BCUT2D eigenvalue weighted by Gasteiger charge is -2.36. The zero-order chi connectivity index (χ0) is 20.3. The van der Waals surface area contributed by atoms with Crippen LogP contribution in [0.5, 0.6) is 0 Å². The normalized spacial score (nSPS) is 23.2. The number of anilines is 1. The van der Waals surface area contributed by atoms with E-state index in [0.717, 1.165) is 30.7 Å². The molecule has 0 amide bonds. The minimum absolute atomic E-state index is 0.745. The van der Waals surface area contributed by atoms with Crippen molar-refractivity contribution in [3.63, 3.8) is 0 Å². The van der Waals surface area contributed by atoms with Gasteiger partial charge in [0.1, 0.15) is 5.82 Å². The highest BCUT2D eigenvalue weighted by Crippen LogP contribution is 2.40. The molecule has 5 rings (SSSR count). The maximum absolute atomic E-state index is 4.51. The average Bonchev–Trinajstić information content (AvgIpc) is 3.16. The lowest BCUT2D eigenvalue weighted by atomic mass is 9.77. The molecule has 1 saturated heterocycles. The van der Waals surface area contributed by atoms with Crippen molar-refractivity contribution in [1.82, 2.24) is 14.5 Å². The van der Waals surface area contributed by atoms with Crippen molar-refractivity contribution in [1.29, 1.82) is 0 Å². The number of aryl methyl sites for hydroxylation is 1. The number of aromatic nitrogens is 2. The van der Waals surface area contributed by atoms with Gasteiger partial charge in [-0.3, -0.25) is 4.90 Å². The maximum Gasteiger partial charge on any atom is 0.128 e. The number of pyridine rings is 1. The molecule has 0 radical (unpaired) electrons. The summed E-state index contributed by atoms with van der Waals surface area (Å²) in [7, 11) is 2.19. The Kier molecular flexibility index (Phi) is 5.76. The van der Waals surface area contributed by atoms with Gasteiger partial charge in [0, 0.05) is 56.5 Å². The van der Waals surface area contributed by atoms with Crippen LogP contribution in [0.3, 0.4) is 0 Å². The molecular weight excluding hydrogens is 368 g/mol. The Morgan fingerprint density at radius 1 is 0.900 bits per heavy atom. The SMILES string of the molecule is Cn1cc(C2CCC(CCN3CCN(c4ccccn4)CC3)CC2)c2ccccc21. The Balaban J connectivity index is 1.09. The first-order valence-electron chi connectivity index (χ1n) is 11.7. The molecule has 0 unspecified atom stereocenters. The summed E-state index contributed by atoms with van der Waals surface area (Å²) >= 11 is 0. The summed E-state index contributed by atoms with van der Waals surface area (Å²) in [6.45, 7) is 5.80. The first-order valence-corrected chi connectivity index (χ1v) is 11.7. The van der Waals surface area contributed by atoms with Crippen LogP contribution in [0.15, 0.2) is 54.9 Å². The highest BCUT2D eigenvalue weighted by atomic mass is 15.3. The van der Waals surface area contributed by atoms with Crippen LogP contribution < -0.4 is 4.90 Å². The molecule has 0 atom stereocenters. The van der Waals surface area contributed by atoms with Gasteiger partial charge in [-0.15, -0.1) is 0 Å². The number of hydrogen-bond acceptors (Lipinski definition) is 3. The number of benzene rings is 1. The molecule has 0 bridgehead atoms. The van der Waals surface area contributed by atoms with Gasteiger partial charge >= 0.3 is 0 Å². The Morgan fingerprint density at radius 3 is 2.43 bits per heavy atom. The predicted molar refractivity (Wildman–Crippen MR) is 125 cm³/mol. The topological polar surface area (TPSA) is 24.3 Å². The third-order valence-corrected chi connectivity index (χ3v) is 7.41. The second kappa shape index (κ2) is 8.81. The summed E-state index contributed by atoms with van der Waals surface area (Å²) in [4.78, 5) is 9.59. The van der Waals surface area contributed by atoms with Crippen LogP contribution in [0, 0.1) is 5.92 Å². The molecule has 1 aromatic carbocycles. The molecule has 0 N–H and O–H groups in total. The zero-order valence-electron chi connectivity index (χ0n) is 18.2. The Bertz CT molecular complexity index is 948. The molecule has 0 spiro atoms. The molecule has 2 aliphatic rings. The fourth-order valence-corrected chi connectivity index (χ4v) is 5.57. The van der Waals surface area contributed by atoms with E-state index in [9.17, 15) is 0 Å². The predicted octanol–water partition coefficient (Wildman–Crippen LogP) is 5.06. The van der Waals surface area contributed by atoms with E-state index in [2.05, 4.69) is 69.0 Å². The van der Waals surface area contributed by atoms with Gasteiger partial charge in [-0.2, -0.15) is 0 Å². The second-order valence-electron chi connectivity index (χ2n) is 9.24. The minimum atomic E-state index is 0.745. The van der Waals surface area contributed by atoms with E-state index in [4.69, 9.17) is 0 Å². The Hall–Kier alpha value is -2.33. The van der Waals surface area contributed by atoms with Crippen molar-refractivity contribution in [3.8, 4) is 0 Å². The van der Waals surface area contributed by atoms with Crippen molar-refractivity contribution < 1.29 is 0 Å². The van der Waals surface area contributed by atoms with Crippen molar-refractivity contribution in [3.05, 3.63) is 60.4 Å². The van der Waals surface area contributed by atoms with Crippen molar-refractivity contribution >= 4 is 16.7 Å². The maximum atomic E-state index is 4.51. The number of fused-ring (bicyclic) bond motifs is 1. The molecule has 3 aromatic rings. The summed E-state index contributed by atoms with van der Waals surface area (Å²) in [5.74, 6) is 2.78. The molecule has 158 valence electrons. The third kappa shape index (κ3) is 4.11. The van der Waals surface area contributed by atoms with Crippen LogP contribution in [0.2, 0.25) is 0 Å². The summed E-state index contributed by atoms with van der Waals surface area (Å²) in [6, 6.07) is 15.1. The Morgan fingerprint density at radius 2 is 1.67 bits per heavy atom. The molecule has 4 heteroatoms. The second-order valence-corrected chi connectivity index (χ2v) is 9.24. The molecule has 30 heavy (non-hydrogen) atoms. The van der Waals surface area contributed by atoms with Crippen LogP contribution >= 0.6 is 0 Å². The van der Waals surface area contributed by atoms with Crippen LogP contribution in [0.4, 0.5) is 5.82 Å². The van der Waals surface area contributed by atoms with Crippen LogP contribution in [0.1, 0.15) is 43.6 Å². The van der Waals surface area contributed by atoms with Crippen LogP contribution in [-0.2, 0) is 7.05 Å². The van der Waals surface area contributed by atoms with Gasteiger partial charge in [0.2, 0.25) is 0 Å². The van der Waals surface area contributed by atoms with E-state index < -0.39 is 0 Å². The molecule has 4 nitrogen and oxygen atoms in total. The molecule has 1 aliphatic carbocycles. The van der Waals surface area contributed by atoms with E-state index in [1.165, 1.54) is 62.6 Å². The first kappa shape index (κ1) is 19.6. The monoisotopic (exact) mass is 402 g/mol. The van der Waals surface area contributed by atoms with Gasteiger partial charge in [-0.05, 0) is 74.2 Å². The van der Waals surface area contributed by atoms with Gasteiger partial charge in [0.15, 0.2) is 0 Å². The van der Waals surface area contributed by atoms with E-state index >= 15 is 0 Å². The molecule has 2 fully saturated rings. The largest absolute Gasteiger partial charge is 0.354 e. The van der Waals surface area contributed by atoms with Crippen LogP contribution in [0.25, 0.3) is 10.9 Å². The highest BCUT2D eigenvalue weighted by molar-refractivity contribution is 5.84. The molecule has 2 aromatic heterocycles. The zero-order valence-corrected chi connectivity index (χ0v) is 18.2. The number of hydrogen-bond donors (Lipinski definition) is 0. The summed E-state index contributed by atoms with van der Waals surface area (Å²) < 4.78 is 2.31. The number of rotatable bonds is 5. The van der Waals surface area contributed by atoms with Crippen molar-refractivity contribution in [2.75, 3.05) is 37.6 Å². The fourth-order valence-electron chi connectivity index (χ4n) is 5.57. The first-order chi connectivity index (χ1) is 14.8. The van der Waals surface area contributed by atoms with E-state index in [1.807, 2.05) is 12.3 Å². The quantitative estimate of drug-likeness (QED) is 0.596. The lowest BCUT2D eigenvalue weighted by Crippen LogP contribution is -2.47. The van der Waals surface area contributed by atoms with E-state index in [1.54, 1.807) is 5.56 Å². The Labute approximate surface area is 180 Å². The third-order valence-electron chi connectivity index (χ3n) is 7.41. The van der Waals surface area contributed by atoms with Crippen LogP contribution in [-0.4, -0.2) is 47.2 Å². The number of piperazine rings is 1. The van der Waals surface area contributed by atoms with Gasteiger partial charge in [-0.1, -0.05) is 24.3 Å². The summed E-state index contributed by atoms with van der Waals surface area (Å²) in [6.07, 6.45) is 11.1. The number of para-hydroxylation sites is 1. The van der Waals surface area contributed by atoms with Gasteiger partial charge in [-0.25, -0.2) is 4.98 Å². The average molecular weight is 403 g/mol.